The lowest BCUT2D eigenvalue weighted by Crippen LogP contribution is -2.08. The van der Waals surface area contributed by atoms with E-state index in [1.165, 1.54) is 6.33 Å². The standard InChI is InChI=1S/C17H14ClN5O2/c18-13-8-4-5-9-14(13)22-17-15(23(24)25)16(20-11-21-17)19-10-12-6-2-1-3-7-12/h1-9,11H,10H2,(H2,19,20,21,22). The molecule has 0 aliphatic rings. The largest absolute Gasteiger partial charge is 0.360 e. The highest BCUT2D eigenvalue weighted by atomic mass is 35.5. The molecule has 25 heavy (non-hydrogen) atoms. The smallest absolute Gasteiger partial charge is 0.353 e. The summed E-state index contributed by atoms with van der Waals surface area (Å²) in [4.78, 5) is 19.0. The molecule has 8 heteroatoms. The third-order valence-electron chi connectivity index (χ3n) is 3.43. The van der Waals surface area contributed by atoms with Gasteiger partial charge in [-0.1, -0.05) is 54.1 Å². The summed E-state index contributed by atoms with van der Waals surface area (Å²) in [6.07, 6.45) is 1.26. The van der Waals surface area contributed by atoms with E-state index in [9.17, 15) is 10.1 Å². The summed E-state index contributed by atoms with van der Waals surface area (Å²) in [5.41, 5.74) is 1.27. The van der Waals surface area contributed by atoms with Gasteiger partial charge >= 0.3 is 5.69 Å². The van der Waals surface area contributed by atoms with Crippen LogP contribution in [0, 0.1) is 10.1 Å². The highest BCUT2D eigenvalue weighted by molar-refractivity contribution is 6.33. The number of hydrogen-bond donors (Lipinski definition) is 2. The van der Waals surface area contributed by atoms with Gasteiger partial charge in [0, 0.05) is 6.54 Å². The zero-order chi connectivity index (χ0) is 17.6. The Morgan fingerprint density at radius 2 is 1.68 bits per heavy atom. The van der Waals surface area contributed by atoms with Crippen LogP contribution in [0.1, 0.15) is 5.56 Å². The molecule has 0 bridgehead atoms. The van der Waals surface area contributed by atoms with Gasteiger partial charge in [-0.2, -0.15) is 0 Å². The molecule has 1 heterocycles. The first kappa shape index (κ1) is 16.7. The van der Waals surface area contributed by atoms with E-state index in [2.05, 4.69) is 20.6 Å². The summed E-state index contributed by atoms with van der Waals surface area (Å²) in [5.74, 6) is 0.210. The number of anilines is 3. The first-order valence-corrected chi connectivity index (χ1v) is 7.81. The number of nitrogens with zero attached hydrogens (tertiary/aromatic N) is 3. The average Bonchev–Trinajstić information content (AvgIpc) is 2.62. The molecule has 0 aliphatic carbocycles. The lowest BCUT2D eigenvalue weighted by Gasteiger charge is -2.11. The molecule has 0 unspecified atom stereocenters. The lowest BCUT2D eigenvalue weighted by molar-refractivity contribution is -0.383. The predicted molar refractivity (Wildman–Crippen MR) is 97.2 cm³/mol. The fraction of sp³-hybridized carbons (Fsp3) is 0.0588. The van der Waals surface area contributed by atoms with Gasteiger partial charge in [0.25, 0.3) is 0 Å². The summed E-state index contributed by atoms with van der Waals surface area (Å²) in [6.45, 7) is 0.407. The molecule has 0 amide bonds. The molecule has 0 saturated heterocycles. The van der Waals surface area contributed by atoms with E-state index in [1.54, 1.807) is 24.3 Å². The maximum absolute atomic E-state index is 11.5. The normalized spacial score (nSPS) is 10.3. The Balaban J connectivity index is 1.89. The molecule has 2 aromatic carbocycles. The highest BCUT2D eigenvalue weighted by Gasteiger charge is 2.23. The number of nitrogens with one attached hydrogen (secondary N) is 2. The fourth-order valence-corrected chi connectivity index (χ4v) is 2.43. The molecule has 0 saturated carbocycles. The first-order valence-electron chi connectivity index (χ1n) is 7.44. The van der Waals surface area contributed by atoms with E-state index in [0.717, 1.165) is 5.56 Å². The summed E-state index contributed by atoms with van der Waals surface area (Å²) in [6, 6.07) is 16.5. The number of aromatic nitrogens is 2. The van der Waals surface area contributed by atoms with Crippen molar-refractivity contribution < 1.29 is 4.92 Å². The van der Waals surface area contributed by atoms with Gasteiger partial charge in [-0.25, -0.2) is 9.97 Å². The van der Waals surface area contributed by atoms with Crippen LogP contribution in [0.2, 0.25) is 5.02 Å². The summed E-state index contributed by atoms with van der Waals surface area (Å²) >= 11 is 6.10. The Morgan fingerprint density at radius 1 is 1.00 bits per heavy atom. The average molecular weight is 356 g/mol. The molecule has 0 radical (unpaired) electrons. The van der Waals surface area contributed by atoms with E-state index >= 15 is 0 Å². The Kier molecular flexibility index (Phi) is 5.06. The Hall–Kier alpha value is -3.19. The van der Waals surface area contributed by atoms with Gasteiger partial charge < -0.3 is 10.6 Å². The van der Waals surface area contributed by atoms with Crippen molar-refractivity contribution >= 4 is 34.6 Å². The van der Waals surface area contributed by atoms with Crippen molar-refractivity contribution in [3.05, 3.63) is 81.6 Å². The lowest BCUT2D eigenvalue weighted by atomic mass is 10.2. The number of para-hydroxylation sites is 1. The topological polar surface area (TPSA) is 93.0 Å². The van der Waals surface area contributed by atoms with E-state index in [0.29, 0.717) is 17.3 Å². The Morgan fingerprint density at radius 3 is 2.40 bits per heavy atom. The molecular formula is C17H14ClN5O2. The van der Waals surface area contributed by atoms with Crippen molar-refractivity contribution in [1.29, 1.82) is 0 Å². The maximum Gasteiger partial charge on any atom is 0.353 e. The zero-order valence-corrected chi connectivity index (χ0v) is 13.8. The van der Waals surface area contributed by atoms with Crippen LogP contribution < -0.4 is 10.6 Å². The van der Waals surface area contributed by atoms with Crippen LogP contribution in [0.4, 0.5) is 23.0 Å². The summed E-state index contributed by atoms with van der Waals surface area (Å²) < 4.78 is 0. The quantitative estimate of drug-likeness (QED) is 0.503. The molecule has 0 spiro atoms. The molecule has 0 aliphatic heterocycles. The number of nitro groups is 1. The number of benzene rings is 2. The number of hydrogen-bond acceptors (Lipinski definition) is 6. The molecule has 126 valence electrons. The third-order valence-corrected chi connectivity index (χ3v) is 3.76. The second-order valence-corrected chi connectivity index (χ2v) is 5.53. The molecule has 3 rings (SSSR count). The van der Waals surface area contributed by atoms with Crippen LogP contribution in [-0.2, 0) is 6.54 Å². The van der Waals surface area contributed by atoms with Gasteiger partial charge in [0.15, 0.2) is 0 Å². The molecule has 0 atom stereocenters. The van der Waals surface area contributed by atoms with Gasteiger partial charge in [-0.15, -0.1) is 0 Å². The molecule has 1 aromatic heterocycles. The molecule has 3 aromatic rings. The second-order valence-electron chi connectivity index (χ2n) is 5.12. The van der Waals surface area contributed by atoms with Crippen LogP contribution in [0.3, 0.4) is 0 Å². The van der Waals surface area contributed by atoms with Crippen molar-refractivity contribution in [1.82, 2.24) is 9.97 Å². The van der Waals surface area contributed by atoms with Gasteiger partial charge in [-0.05, 0) is 17.7 Å². The molecule has 0 fully saturated rings. The molecule has 2 N–H and O–H groups in total. The SMILES string of the molecule is O=[N+]([O-])c1c(NCc2ccccc2)ncnc1Nc1ccccc1Cl. The van der Waals surface area contributed by atoms with E-state index < -0.39 is 4.92 Å². The van der Waals surface area contributed by atoms with Gasteiger partial charge in [0.2, 0.25) is 11.6 Å². The highest BCUT2D eigenvalue weighted by Crippen LogP contribution is 2.33. The fourth-order valence-electron chi connectivity index (χ4n) is 2.24. The molecular weight excluding hydrogens is 342 g/mol. The van der Waals surface area contributed by atoms with Crippen LogP contribution in [0.15, 0.2) is 60.9 Å². The number of halogens is 1. The van der Waals surface area contributed by atoms with Crippen LogP contribution in [-0.4, -0.2) is 14.9 Å². The minimum Gasteiger partial charge on any atom is -0.360 e. The minimum absolute atomic E-state index is 0.0728. The zero-order valence-electron chi connectivity index (χ0n) is 13.0. The van der Waals surface area contributed by atoms with Crippen molar-refractivity contribution in [2.75, 3.05) is 10.6 Å². The van der Waals surface area contributed by atoms with Gasteiger partial charge in [0.1, 0.15) is 6.33 Å². The van der Waals surface area contributed by atoms with Gasteiger partial charge in [0.05, 0.1) is 15.6 Å². The van der Waals surface area contributed by atoms with Crippen molar-refractivity contribution in [3.63, 3.8) is 0 Å². The third kappa shape index (κ3) is 4.02. The Bertz CT molecular complexity index is 889. The summed E-state index contributed by atoms with van der Waals surface area (Å²) in [7, 11) is 0. The monoisotopic (exact) mass is 355 g/mol. The van der Waals surface area contributed by atoms with Crippen LogP contribution in [0.25, 0.3) is 0 Å². The van der Waals surface area contributed by atoms with Crippen LogP contribution >= 0.6 is 11.6 Å². The van der Waals surface area contributed by atoms with Crippen molar-refractivity contribution in [2.45, 2.75) is 6.54 Å². The maximum atomic E-state index is 11.5. The molecule has 7 nitrogen and oxygen atoms in total. The van der Waals surface area contributed by atoms with E-state index in [1.807, 2.05) is 30.3 Å². The first-order chi connectivity index (χ1) is 12.1. The van der Waals surface area contributed by atoms with E-state index in [4.69, 9.17) is 11.6 Å². The van der Waals surface area contributed by atoms with E-state index in [-0.39, 0.29) is 17.3 Å². The van der Waals surface area contributed by atoms with Gasteiger partial charge in [-0.3, -0.25) is 10.1 Å². The number of rotatable bonds is 6. The summed E-state index contributed by atoms with van der Waals surface area (Å²) in [5, 5.41) is 17.9. The second kappa shape index (κ2) is 7.59. The van der Waals surface area contributed by atoms with Crippen molar-refractivity contribution in [3.8, 4) is 0 Å². The Labute approximate surface area is 148 Å². The predicted octanol–water partition coefficient (Wildman–Crippen LogP) is 4.39. The minimum atomic E-state index is -0.521. The van der Waals surface area contributed by atoms with Crippen LogP contribution in [0.5, 0.6) is 0 Å². The van der Waals surface area contributed by atoms with Crippen molar-refractivity contribution in [2.24, 2.45) is 0 Å².